The van der Waals surface area contributed by atoms with Crippen LogP contribution in [0.3, 0.4) is 0 Å². The van der Waals surface area contributed by atoms with Gasteiger partial charge in [-0.3, -0.25) is 9.59 Å². The molecular formula is C30H32N2O5. The molecule has 192 valence electrons. The first-order valence-electron chi connectivity index (χ1n) is 12.6. The van der Waals surface area contributed by atoms with Crippen molar-refractivity contribution in [2.45, 2.75) is 44.7 Å². The fraction of sp³-hybridized carbons (Fsp3) is 0.300. The number of rotatable bonds is 11. The van der Waals surface area contributed by atoms with E-state index in [1.807, 2.05) is 61.5 Å². The zero-order valence-corrected chi connectivity index (χ0v) is 20.9. The van der Waals surface area contributed by atoms with Gasteiger partial charge in [0.15, 0.2) is 0 Å². The molecule has 0 heterocycles. The Hall–Kier alpha value is -4.13. The average molecular weight is 501 g/mol. The molecule has 0 radical (unpaired) electrons. The summed E-state index contributed by atoms with van der Waals surface area (Å²) in [5.74, 6) is -1.22. The van der Waals surface area contributed by atoms with Crippen LogP contribution in [0.15, 0.2) is 78.9 Å². The molecule has 0 aliphatic heterocycles. The van der Waals surface area contributed by atoms with Gasteiger partial charge in [-0.05, 0) is 34.2 Å². The van der Waals surface area contributed by atoms with Crippen LogP contribution in [0, 0.1) is 0 Å². The van der Waals surface area contributed by atoms with Gasteiger partial charge in [0.2, 0.25) is 5.91 Å². The van der Waals surface area contributed by atoms with Crippen LogP contribution in [0.1, 0.15) is 48.8 Å². The third-order valence-corrected chi connectivity index (χ3v) is 6.74. The minimum Gasteiger partial charge on any atom is -0.481 e. The van der Waals surface area contributed by atoms with Crippen LogP contribution in [0.25, 0.3) is 11.1 Å². The molecule has 0 aromatic heterocycles. The Morgan fingerprint density at radius 3 is 2.11 bits per heavy atom. The SMILES string of the molecule is CC[C@@H](CC(=O)N(CCC(=O)O)Cc1ccccc1)NC(=O)OCC1c2ccccc2-c2ccccc21. The normalized spacial score (nSPS) is 12.8. The molecule has 4 rings (SSSR count). The van der Waals surface area contributed by atoms with Gasteiger partial charge in [0.25, 0.3) is 0 Å². The molecule has 3 aromatic carbocycles. The summed E-state index contributed by atoms with van der Waals surface area (Å²) in [4.78, 5) is 38.5. The molecule has 0 spiro atoms. The van der Waals surface area contributed by atoms with Crippen LogP contribution in [-0.4, -0.2) is 47.2 Å². The number of carboxylic acids is 1. The number of nitrogens with one attached hydrogen (secondary N) is 1. The Morgan fingerprint density at radius 2 is 1.51 bits per heavy atom. The minimum absolute atomic E-state index is 0.0442. The highest BCUT2D eigenvalue weighted by atomic mass is 16.5. The van der Waals surface area contributed by atoms with E-state index in [1.165, 1.54) is 4.90 Å². The number of carbonyl (C=O) groups excluding carboxylic acids is 2. The summed E-state index contributed by atoms with van der Waals surface area (Å²) in [7, 11) is 0. The van der Waals surface area contributed by atoms with Gasteiger partial charge in [0.05, 0.1) is 6.42 Å². The van der Waals surface area contributed by atoms with Crippen molar-refractivity contribution in [2.75, 3.05) is 13.2 Å². The summed E-state index contributed by atoms with van der Waals surface area (Å²) < 4.78 is 5.64. The Labute approximate surface area is 217 Å². The zero-order chi connectivity index (χ0) is 26.2. The maximum Gasteiger partial charge on any atom is 0.407 e. The van der Waals surface area contributed by atoms with E-state index in [2.05, 4.69) is 29.6 Å². The summed E-state index contributed by atoms with van der Waals surface area (Å²) in [6.45, 7) is 2.50. The number of benzene rings is 3. The fourth-order valence-corrected chi connectivity index (χ4v) is 4.77. The average Bonchev–Trinajstić information content (AvgIpc) is 3.23. The zero-order valence-electron chi connectivity index (χ0n) is 20.9. The van der Waals surface area contributed by atoms with Crippen molar-refractivity contribution in [2.24, 2.45) is 0 Å². The van der Waals surface area contributed by atoms with Gasteiger partial charge in [-0.25, -0.2) is 4.79 Å². The molecule has 2 N–H and O–H groups in total. The number of fused-ring (bicyclic) bond motifs is 3. The van der Waals surface area contributed by atoms with Crippen LogP contribution in [-0.2, 0) is 20.9 Å². The number of ether oxygens (including phenoxy) is 1. The molecule has 0 unspecified atom stereocenters. The Balaban J connectivity index is 1.35. The van der Waals surface area contributed by atoms with Gasteiger partial charge in [-0.1, -0.05) is 85.8 Å². The number of carbonyl (C=O) groups is 3. The first-order valence-corrected chi connectivity index (χ1v) is 12.6. The third-order valence-electron chi connectivity index (χ3n) is 6.74. The molecule has 3 aromatic rings. The van der Waals surface area contributed by atoms with Crippen LogP contribution in [0.5, 0.6) is 0 Å². The molecule has 37 heavy (non-hydrogen) atoms. The molecular weight excluding hydrogens is 468 g/mol. The second-order valence-corrected chi connectivity index (χ2v) is 9.22. The van der Waals surface area contributed by atoms with Crippen LogP contribution >= 0.6 is 0 Å². The first kappa shape index (κ1) is 25.9. The lowest BCUT2D eigenvalue weighted by Gasteiger charge is -2.25. The maximum atomic E-state index is 13.1. The predicted octanol–water partition coefficient (Wildman–Crippen LogP) is 5.20. The molecule has 1 atom stereocenters. The fourth-order valence-electron chi connectivity index (χ4n) is 4.77. The van der Waals surface area contributed by atoms with Crippen molar-refractivity contribution in [3.63, 3.8) is 0 Å². The monoisotopic (exact) mass is 500 g/mol. The molecule has 0 fully saturated rings. The molecule has 0 saturated heterocycles. The van der Waals surface area contributed by atoms with Gasteiger partial charge >= 0.3 is 12.1 Å². The van der Waals surface area contributed by atoms with Gasteiger partial charge in [0, 0.05) is 31.5 Å². The highest BCUT2D eigenvalue weighted by Gasteiger charge is 2.29. The molecule has 1 aliphatic rings. The van der Waals surface area contributed by atoms with E-state index in [1.54, 1.807) is 0 Å². The Kier molecular flexibility index (Phi) is 8.56. The van der Waals surface area contributed by atoms with Crippen molar-refractivity contribution < 1.29 is 24.2 Å². The van der Waals surface area contributed by atoms with Crippen molar-refractivity contribution in [1.82, 2.24) is 10.2 Å². The number of hydrogen-bond donors (Lipinski definition) is 2. The first-order chi connectivity index (χ1) is 18.0. The van der Waals surface area contributed by atoms with Crippen LogP contribution in [0.4, 0.5) is 4.79 Å². The molecule has 1 aliphatic carbocycles. The van der Waals surface area contributed by atoms with Gasteiger partial charge in [-0.15, -0.1) is 0 Å². The van der Waals surface area contributed by atoms with Crippen molar-refractivity contribution in [3.8, 4) is 11.1 Å². The van der Waals surface area contributed by atoms with Crippen molar-refractivity contribution in [1.29, 1.82) is 0 Å². The minimum atomic E-state index is -0.963. The lowest BCUT2D eigenvalue weighted by Crippen LogP contribution is -2.41. The highest BCUT2D eigenvalue weighted by Crippen LogP contribution is 2.44. The largest absolute Gasteiger partial charge is 0.481 e. The molecule has 7 heteroatoms. The van der Waals surface area contributed by atoms with E-state index in [4.69, 9.17) is 9.84 Å². The van der Waals surface area contributed by atoms with E-state index in [0.717, 1.165) is 27.8 Å². The summed E-state index contributed by atoms with van der Waals surface area (Å²) in [6, 6.07) is 25.3. The van der Waals surface area contributed by atoms with Gasteiger partial charge < -0.3 is 20.1 Å². The van der Waals surface area contributed by atoms with Gasteiger partial charge in [0.1, 0.15) is 6.61 Å². The lowest BCUT2D eigenvalue weighted by molar-refractivity contribution is -0.138. The highest BCUT2D eigenvalue weighted by molar-refractivity contribution is 5.80. The number of alkyl carbamates (subject to hydrolysis) is 1. The number of hydrogen-bond acceptors (Lipinski definition) is 4. The Bertz CT molecular complexity index is 1200. The van der Waals surface area contributed by atoms with Gasteiger partial charge in [-0.2, -0.15) is 0 Å². The maximum absolute atomic E-state index is 13.1. The van der Waals surface area contributed by atoms with E-state index in [9.17, 15) is 14.4 Å². The number of carboxylic acid groups (broad SMARTS) is 1. The van der Waals surface area contributed by atoms with Crippen molar-refractivity contribution in [3.05, 3.63) is 95.6 Å². The molecule has 0 bridgehead atoms. The van der Waals surface area contributed by atoms with Crippen molar-refractivity contribution >= 4 is 18.0 Å². The van der Waals surface area contributed by atoms with E-state index >= 15 is 0 Å². The van der Waals surface area contributed by atoms with E-state index in [-0.39, 0.29) is 37.8 Å². The number of nitrogens with zero attached hydrogens (tertiary/aromatic N) is 1. The quantitative estimate of drug-likeness (QED) is 0.377. The summed E-state index contributed by atoms with van der Waals surface area (Å²) in [5, 5.41) is 11.9. The lowest BCUT2D eigenvalue weighted by atomic mass is 9.98. The van der Waals surface area contributed by atoms with Crippen LogP contribution < -0.4 is 5.32 Å². The molecule has 0 saturated carbocycles. The third kappa shape index (κ3) is 6.55. The smallest absolute Gasteiger partial charge is 0.407 e. The second kappa shape index (κ2) is 12.2. The predicted molar refractivity (Wildman–Crippen MR) is 141 cm³/mol. The van der Waals surface area contributed by atoms with E-state index < -0.39 is 18.1 Å². The standard InChI is InChI=1S/C30H32N2O5/c1-2-22(18-28(33)32(17-16-29(34)35)19-21-10-4-3-5-11-21)31-30(36)37-20-27-25-14-8-6-12-23(25)24-13-7-9-15-26(24)27/h3-15,22,27H,2,16-20H2,1H3,(H,31,36)(H,34,35)/t22-/m0/s1. The summed E-state index contributed by atoms with van der Waals surface area (Å²) in [5.41, 5.74) is 5.49. The van der Waals surface area contributed by atoms with Crippen LogP contribution in [0.2, 0.25) is 0 Å². The van der Waals surface area contributed by atoms with E-state index in [0.29, 0.717) is 13.0 Å². The number of amides is 2. The summed E-state index contributed by atoms with van der Waals surface area (Å²) in [6.07, 6.45) is -0.113. The second-order valence-electron chi connectivity index (χ2n) is 9.22. The summed E-state index contributed by atoms with van der Waals surface area (Å²) >= 11 is 0. The Morgan fingerprint density at radius 1 is 0.919 bits per heavy atom. The molecule has 7 nitrogen and oxygen atoms in total. The number of aliphatic carboxylic acids is 1. The topological polar surface area (TPSA) is 95.9 Å². The molecule has 2 amide bonds.